The first-order chi connectivity index (χ1) is 13.7. The first kappa shape index (κ1) is 16.7. The molecule has 0 fully saturated rings. The standard InChI is InChI=1S/C24H15ClN2O/c25-17-12-20-19-10-3-4-11-22(19)28-23(20)21(13-17)24(26)27-14-16-8-5-7-15-6-1-2-9-18(15)16/h1-14,26H/b26-24?,27-14+. The number of furan rings is 1. The molecule has 0 bridgehead atoms. The molecule has 0 aliphatic rings. The predicted molar refractivity (Wildman–Crippen MR) is 117 cm³/mol. The Morgan fingerprint density at radius 1 is 0.857 bits per heavy atom. The largest absolute Gasteiger partial charge is 0.455 e. The number of hydrogen-bond acceptors (Lipinski definition) is 2. The third kappa shape index (κ3) is 2.77. The Labute approximate surface area is 166 Å². The Kier molecular flexibility index (Phi) is 3.96. The third-order valence-electron chi connectivity index (χ3n) is 4.85. The van der Waals surface area contributed by atoms with Crippen molar-refractivity contribution >= 4 is 56.4 Å². The zero-order valence-electron chi connectivity index (χ0n) is 14.8. The summed E-state index contributed by atoms with van der Waals surface area (Å²) in [7, 11) is 0. The van der Waals surface area contributed by atoms with Crippen LogP contribution < -0.4 is 0 Å². The Bertz CT molecular complexity index is 1390. The molecule has 0 radical (unpaired) electrons. The Morgan fingerprint density at radius 2 is 1.61 bits per heavy atom. The van der Waals surface area contributed by atoms with Crippen LogP contribution in [0.25, 0.3) is 32.7 Å². The fourth-order valence-corrected chi connectivity index (χ4v) is 3.75. The monoisotopic (exact) mass is 382 g/mol. The number of benzene rings is 4. The summed E-state index contributed by atoms with van der Waals surface area (Å²) in [5.74, 6) is 0.111. The van der Waals surface area contributed by atoms with Gasteiger partial charge in [0.15, 0.2) is 5.84 Å². The Balaban J connectivity index is 1.62. The predicted octanol–water partition coefficient (Wildman–Crippen LogP) is 6.84. The molecule has 5 aromatic rings. The van der Waals surface area contributed by atoms with Crippen molar-refractivity contribution in [2.45, 2.75) is 0 Å². The van der Waals surface area contributed by atoms with E-state index in [-0.39, 0.29) is 5.84 Å². The van der Waals surface area contributed by atoms with Gasteiger partial charge in [0.05, 0.1) is 5.56 Å². The highest BCUT2D eigenvalue weighted by Crippen LogP contribution is 2.33. The van der Waals surface area contributed by atoms with Crippen molar-refractivity contribution in [1.29, 1.82) is 5.41 Å². The van der Waals surface area contributed by atoms with Crippen molar-refractivity contribution < 1.29 is 4.42 Å². The van der Waals surface area contributed by atoms with Gasteiger partial charge in [0, 0.05) is 27.6 Å². The zero-order valence-corrected chi connectivity index (χ0v) is 15.6. The number of nitrogens with zero attached hydrogens (tertiary/aromatic N) is 1. The minimum absolute atomic E-state index is 0.111. The van der Waals surface area contributed by atoms with Crippen LogP contribution in [0.1, 0.15) is 11.1 Å². The summed E-state index contributed by atoms with van der Waals surface area (Å²) < 4.78 is 6.01. The summed E-state index contributed by atoms with van der Waals surface area (Å²) in [6.07, 6.45) is 1.72. The minimum Gasteiger partial charge on any atom is -0.455 e. The van der Waals surface area contributed by atoms with Gasteiger partial charge in [0.25, 0.3) is 0 Å². The van der Waals surface area contributed by atoms with Gasteiger partial charge in [0.1, 0.15) is 11.2 Å². The van der Waals surface area contributed by atoms with Crippen molar-refractivity contribution in [2.75, 3.05) is 0 Å². The van der Waals surface area contributed by atoms with Crippen molar-refractivity contribution in [1.82, 2.24) is 0 Å². The van der Waals surface area contributed by atoms with Gasteiger partial charge in [-0.05, 0) is 29.0 Å². The smallest absolute Gasteiger partial charge is 0.155 e. The first-order valence-corrected chi connectivity index (χ1v) is 9.30. The molecule has 0 unspecified atom stereocenters. The molecule has 3 nitrogen and oxygen atoms in total. The number of hydrogen-bond donors (Lipinski definition) is 1. The molecule has 0 atom stereocenters. The maximum absolute atomic E-state index is 8.52. The van der Waals surface area contributed by atoms with Crippen molar-refractivity contribution in [3.05, 3.63) is 95.0 Å². The molecular formula is C24H15ClN2O. The summed E-state index contributed by atoms with van der Waals surface area (Å²) in [5.41, 5.74) is 2.94. The number of amidine groups is 1. The second-order valence-electron chi connectivity index (χ2n) is 6.60. The highest BCUT2D eigenvalue weighted by molar-refractivity contribution is 6.33. The average molecular weight is 383 g/mol. The molecular weight excluding hydrogens is 368 g/mol. The second kappa shape index (κ2) is 6.63. The fraction of sp³-hybridized carbons (Fsp3) is 0. The minimum atomic E-state index is 0.111. The molecule has 1 aromatic heterocycles. The molecule has 1 N–H and O–H groups in total. The SMILES string of the molecule is N=C(/N=C/c1cccc2ccccc12)c1cc(Cl)cc2c1oc1ccccc12. The van der Waals surface area contributed by atoms with Gasteiger partial charge in [0.2, 0.25) is 0 Å². The molecule has 134 valence electrons. The van der Waals surface area contributed by atoms with E-state index in [0.717, 1.165) is 32.7 Å². The topological polar surface area (TPSA) is 49.4 Å². The van der Waals surface area contributed by atoms with E-state index in [4.69, 9.17) is 21.4 Å². The van der Waals surface area contributed by atoms with E-state index >= 15 is 0 Å². The molecule has 28 heavy (non-hydrogen) atoms. The number of para-hydroxylation sites is 1. The van der Waals surface area contributed by atoms with Crippen LogP contribution in [0, 0.1) is 5.41 Å². The van der Waals surface area contributed by atoms with Crippen molar-refractivity contribution in [3.63, 3.8) is 0 Å². The number of aliphatic imine (C=N–C) groups is 1. The molecule has 0 saturated heterocycles. The molecule has 0 aliphatic carbocycles. The summed E-state index contributed by atoms with van der Waals surface area (Å²) in [5, 5.41) is 13.2. The molecule has 0 aliphatic heterocycles. The molecule has 0 amide bonds. The Morgan fingerprint density at radius 3 is 2.50 bits per heavy atom. The van der Waals surface area contributed by atoms with Crippen LogP contribution in [-0.2, 0) is 0 Å². The van der Waals surface area contributed by atoms with Gasteiger partial charge in [-0.3, -0.25) is 5.41 Å². The van der Waals surface area contributed by atoms with Crippen LogP contribution >= 0.6 is 11.6 Å². The van der Waals surface area contributed by atoms with E-state index in [2.05, 4.69) is 23.2 Å². The summed E-state index contributed by atoms with van der Waals surface area (Å²) >= 11 is 6.33. The van der Waals surface area contributed by atoms with E-state index in [1.54, 1.807) is 12.3 Å². The van der Waals surface area contributed by atoms with E-state index in [1.807, 2.05) is 54.6 Å². The van der Waals surface area contributed by atoms with E-state index < -0.39 is 0 Å². The van der Waals surface area contributed by atoms with E-state index in [1.165, 1.54) is 0 Å². The molecule has 4 heteroatoms. The highest BCUT2D eigenvalue weighted by atomic mass is 35.5. The average Bonchev–Trinajstić information content (AvgIpc) is 3.10. The maximum atomic E-state index is 8.52. The van der Waals surface area contributed by atoms with Gasteiger partial charge in [-0.1, -0.05) is 72.3 Å². The van der Waals surface area contributed by atoms with Crippen LogP contribution in [0.2, 0.25) is 5.02 Å². The number of fused-ring (bicyclic) bond motifs is 4. The van der Waals surface area contributed by atoms with Crippen molar-refractivity contribution in [2.24, 2.45) is 4.99 Å². The zero-order chi connectivity index (χ0) is 19.1. The lowest BCUT2D eigenvalue weighted by Crippen LogP contribution is -1.97. The maximum Gasteiger partial charge on any atom is 0.155 e. The van der Waals surface area contributed by atoms with Gasteiger partial charge in [-0.2, -0.15) is 0 Å². The summed E-state index contributed by atoms with van der Waals surface area (Å²) in [6.45, 7) is 0. The van der Waals surface area contributed by atoms with Crippen LogP contribution in [-0.4, -0.2) is 12.1 Å². The fourth-order valence-electron chi connectivity index (χ4n) is 3.53. The van der Waals surface area contributed by atoms with Gasteiger partial charge >= 0.3 is 0 Å². The molecule has 1 heterocycles. The third-order valence-corrected chi connectivity index (χ3v) is 5.07. The highest BCUT2D eigenvalue weighted by Gasteiger charge is 2.14. The van der Waals surface area contributed by atoms with E-state index in [0.29, 0.717) is 16.2 Å². The lowest BCUT2D eigenvalue weighted by molar-refractivity contribution is 0.668. The van der Waals surface area contributed by atoms with Crippen LogP contribution in [0.15, 0.2) is 88.3 Å². The number of halogens is 1. The summed E-state index contributed by atoms with van der Waals surface area (Å²) in [4.78, 5) is 4.42. The van der Waals surface area contributed by atoms with Gasteiger partial charge in [-0.15, -0.1) is 0 Å². The Hall–Kier alpha value is -3.43. The van der Waals surface area contributed by atoms with Gasteiger partial charge < -0.3 is 4.42 Å². The molecule has 5 rings (SSSR count). The lowest BCUT2D eigenvalue weighted by Gasteiger charge is -2.03. The number of nitrogens with one attached hydrogen (secondary N) is 1. The van der Waals surface area contributed by atoms with Crippen molar-refractivity contribution in [3.8, 4) is 0 Å². The summed E-state index contributed by atoms with van der Waals surface area (Å²) in [6, 6.07) is 25.6. The molecule has 0 saturated carbocycles. The normalized spacial score (nSPS) is 11.8. The molecule has 4 aromatic carbocycles. The molecule has 0 spiro atoms. The van der Waals surface area contributed by atoms with Gasteiger partial charge in [-0.25, -0.2) is 4.99 Å². The second-order valence-corrected chi connectivity index (χ2v) is 7.04. The lowest BCUT2D eigenvalue weighted by atomic mass is 10.1. The quantitative estimate of drug-likeness (QED) is 0.264. The van der Waals surface area contributed by atoms with Crippen LogP contribution in [0.5, 0.6) is 0 Å². The first-order valence-electron chi connectivity index (χ1n) is 8.92. The van der Waals surface area contributed by atoms with E-state index in [9.17, 15) is 0 Å². The van der Waals surface area contributed by atoms with Crippen LogP contribution in [0.3, 0.4) is 0 Å². The van der Waals surface area contributed by atoms with Crippen LogP contribution in [0.4, 0.5) is 0 Å². The number of rotatable bonds is 2.